The monoisotopic (exact) mass is 250 g/mol. The van der Waals surface area contributed by atoms with E-state index in [9.17, 15) is 9.18 Å². The Morgan fingerprint density at radius 3 is 2.59 bits per heavy atom. The molecule has 2 rings (SSSR count). The normalized spacial score (nSPS) is 10.3. The van der Waals surface area contributed by atoms with Crippen LogP contribution in [0.25, 0.3) is 0 Å². The zero-order chi connectivity index (χ0) is 12.4. The molecule has 0 unspecified atom stereocenters. The molecule has 0 radical (unpaired) electrons. The minimum absolute atomic E-state index is 0.0762. The molecule has 0 atom stereocenters. The van der Waals surface area contributed by atoms with Gasteiger partial charge in [0, 0.05) is 17.0 Å². The van der Waals surface area contributed by atoms with Gasteiger partial charge in [-0.1, -0.05) is 0 Å². The molecule has 0 N–H and O–H groups in total. The Balaban J connectivity index is 2.41. The molecule has 1 heterocycles. The SMILES string of the molecule is COc1ccc(C(=O)c2cscc2C)c(F)c1. The number of thiophene rings is 1. The first-order valence-electron chi connectivity index (χ1n) is 5.04. The highest BCUT2D eigenvalue weighted by atomic mass is 32.1. The third-order valence-electron chi connectivity index (χ3n) is 2.52. The number of hydrogen-bond acceptors (Lipinski definition) is 3. The van der Waals surface area contributed by atoms with Gasteiger partial charge in [-0.25, -0.2) is 4.39 Å². The molecular weight excluding hydrogens is 239 g/mol. The van der Waals surface area contributed by atoms with Gasteiger partial charge in [0.25, 0.3) is 0 Å². The second-order valence-corrected chi connectivity index (χ2v) is 4.39. The molecule has 0 aliphatic rings. The third kappa shape index (κ3) is 2.22. The Morgan fingerprint density at radius 2 is 2.06 bits per heavy atom. The quantitative estimate of drug-likeness (QED) is 0.780. The second-order valence-electron chi connectivity index (χ2n) is 3.64. The van der Waals surface area contributed by atoms with Crippen molar-refractivity contribution in [2.75, 3.05) is 7.11 Å². The van der Waals surface area contributed by atoms with Crippen molar-refractivity contribution in [3.05, 3.63) is 51.5 Å². The van der Waals surface area contributed by atoms with E-state index in [2.05, 4.69) is 0 Å². The molecule has 1 aromatic heterocycles. The largest absolute Gasteiger partial charge is 0.497 e. The second kappa shape index (κ2) is 4.67. The molecule has 1 aromatic carbocycles. The minimum atomic E-state index is -0.556. The zero-order valence-electron chi connectivity index (χ0n) is 9.49. The van der Waals surface area contributed by atoms with Crippen LogP contribution in [0.3, 0.4) is 0 Å². The highest BCUT2D eigenvalue weighted by molar-refractivity contribution is 7.08. The molecule has 17 heavy (non-hydrogen) atoms. The fourth-order valence-corrected chi connectivity index (χ4v) is 2.37. The number of hydrogen-bond donors (Lipinski definition) is 0. The predicted molar refractivity (Wildman–Crippen MR) is 65.4 cm³/mol. The summed E-state index contributed by atoms with van der Waals surface area (Å²) in [6.45, 7) is 1.84. The summed E-state index contributed by atoms with van der Waals surface area (Å²) in [6.07, 6.45) is 0. The van der Waals surface area contributed by atoms with E-state index in [1.54, 1.807) is 11.4 Å². The lowest BCUT2D eigenvalue weighted by Gasteiger charge is -2.04. The van der Waals surface area contributed by atoms with Gasteiger partial charge in [0.1, 0.15) is 11.6 Å². The average Bonchev–Trinajstić information content (AvgIpc) is 2.74. The van der Waals surface area contributed by atoms with Crippen LogP contribution in [0.4, 0.5) is 4.39 Å². The Morgan fingerprint density at radius 1 is 1.29 bits per heavy atom. The van der Waals surface area contributed by atoms with Gasteiger partial charge >= 0.3 is 0 Å². The van der Waals surface area contributed by atoms with Gasteiger partial charge in [-0.2, -0.15) is 11.3 Å². The van der Waals surface area contributed by atoms with Crippen LogP contribution in [0.1, 0.15) is 21.5 Å². The van der Waals surface area contributed by atoms with E-state index in [0.717, 1.165) is 5.56 Å². The molecule has 2 aromatic rings. The first-order chi connectivity index (χ1) is 8.13. The number of aryl methyl sites for hydroxylation is 1. The molecule has 0 spiro atoms. The van der Waals surface area contributed by atoms with E-state index in [4.69, 9.17) is 4.74 Å². The minimum Gasteiger partial charge on any atom is -0.497 e. The summed E-state index contributed by atoms with van der Waals surface area (Å²) in [4.78, 5) is 12.1. The van der Waals surface area contributed by atoms with Crippen LogP contribution >= 0.6 is 11.3 Å². The lowest BCUT2D eigenvalue weighted by Crippen LogP contribution is -2.04. The standard InChI is InChI=1S/C13H11FO2S/c1-8-6-17-7-11(8)13(15)10-4-3-9(16-2)5-12(10)14/h3-7H,1-2H3. The predicted octanol–water partition coefficient (Wildman–Crippen LogP) is 3.44. The van der Waals surface area contributed by atoms with Crippen molar-refractivity contribution < 1.29 is 13.9 Å². The number of rotatable bonds is 3. The van der Waals surface area contributed by atoms with Crippen LogP contribution in [-0.2, 0) is 0 Å². The number of methoxy groups -OCH3 is 1. The van der Waals surface area contributed by atoms with Crippen LogP contribution in [0.2, 0.25) is 0 Å². The van der Waals surface area contributed by atoms with Crippen LogP contribution in [0.15, 0.2) is 29.0 Å². The van der Waals surface area contributed by atoms with Crippen LogP contribution < -0.4 is 4.74 Å². The number of benzene rings is 1. The maximum atomic E-state index is 13.7. The summed E-state index contributed by atoms with van der Waals surface area (Å²) in [7, 11) is 1.46. The fraction of sp³-hybridized carbons (Fsp3) is 0.154. The van der Waals surface area contributed by atoms with Gasteiger partial charge in [-0.05, 0) is 30.0 Å². The van der Waals surface area contributed by atoms with Gasteiger partial charge < -0.3 is 4.74 Å². The van der Waals surface area contributed by atoms with Crippen molar-refractivity contribution in [1.29, 1.82) is 0 Å². The van der Waals surface area contributed by atoms with Gasteiger partial charge in [0.15, 0.2) is 5.78 Å². The van der Waals surface area contributed by atoms with Crippen LogP contribution in [0, 0.1) is 12.7 Å². The molecule has 0 aliphatic heterocycles. The summed E-state index contributed by atoms with van der Waals surface area (Å²) in [6, 6.07) is 4.25. The molecule has 0 saturated heterocycles. The number of halogens is 1. The van der Waals surface area contributed by atoms with Crippen molar-refractivity contribution >= 4 is 17.1 Å². The fourth-order valence-electron chi connectivity index (χ4n) is 1.55. The highest BCUT2D eigenvalue weighted by Crippen LogP contribution is 2.22. The summed E-state index contributed by atoms with van der Waals surface area (Å²) in [5, 5.41) is 3.61. The van der Waals surface area contributed by atoms with Crippen molar-refractivity contribution in [3.8, 4) is 5.75 Å². The third-order valence-corrected chi connectivity index (χ3v) is 3.38. The van der Waals surface area contributed by atoms with Crippen LogP contribution in [-0.4, -0.2) is 12.9 Å². The van der Waals surface area contributed by atoms with Crippen molar-refractivity contribution in [3.63, 3.8) is 0 Å². The van der Waals surface area contributed by atoms with Gasteiger partial charge in [0.2, 0.25) is 0 Å². The van der Waals surface area contributed by atoms with E-state index in [-0.39, 0.29) is 11.3 Å². The molecule has 0 fully saturated rings. The number of carbonyl (C=O) groups is 1. The Hall–Kier alpha value is -1.68. The topological polar surface area (TPSA) is 26.3 Å². The molecule has 4 heteroatoms. The number of carbonyl (C=O) groups excluding carboxylic acids is 1. The molecule has 88 valence electrons. The van der Waals surface area contributed by atoms with Gasteiger partial charge in [-0.3, -0.25) is 4.79 Å². The van der Waals surface area contributed by atoms with Gasteiger partial charge in [-0.15, -0.1) is 0 Å². The average molecular weight is 250 g/mol. The molecule has 0 saturated carbocycles. The molecule has 0 aliphatic carbocycles. The van der Waals surface area contributed by atoms with E-state index < -0.39 is 5.82 Å². The van der Waals surface area contributed by atoms with E-state index >= 15 is 0 Å². The maximum absolute atomic E-state index is 13.7. The molecule has 2 nitrogen and oxygen atoms in total. The molecular formula is C13H11FO2S. The smallest absolute Gasteiger partial charge is 0.197 e. The zero-order valence-corrected chi connectivity index (χ0v) is 10.3. The molecule has 0 amide bonds. The van der Waals surface area contributed by atoms with Crippen molar-refractivity contribution in [1.82, 2.24) is 0 Å². The van der Waals surface area contributed by atoms with Crippen molar-refractivity contribution in [2.24, 2.45) is 0 Å². The Bertz CT molecular complexity index is 560. The maximum Gasteiger partial charge on any atom is 0.197 e. The number of ketones is 1. The lowest BCUT2D eigenvalue weighted by molar-refractivity contribution is 0.103. The van der Waals surface area contributed by atoms with E-state index in [1.165, 1.54) is 30.6 Å². The van der Waals surface area contributed by atoms with Crippen LogP contribution in [0.5, 0.6) is 5.75 Å². The van der Waals surface area contributed by atoms with E-state index in [1.807, 2.05) is 12.3 Å². The Labute approximate surface area is 103 Å². The summed E-state index contributed by atoms with van der Waals surface area (Å²) < 4.78 is 18.6. The van der Waals surface area contributed by atoms with E-state index in [0.29, 0.717) is 11.3 Å². The first kappa shape index (κ1) is 11.8. The molecule has 0 bridgehead atoms. The summed E-state index contributed by atoms with van der Waals surface area (Å²) >= 11 is 1.43. The Kier molecular flexibility index (Phi) is 3.24. The van der Waals surface area contributed by atoms with Gasteiger partial charge in [0.05, 0.1) is 12.7 Å². The summed E-state index contributed by atoms with van der Waals surface area (Å²) in [5.41, 5.74) is 1.50. The lowest BCUT2D eigenvalue weighted by atomic mass is 10.0. The first-order valence-corrected chi connectivity index (χ1v) is 5.99. The van der Waals surface area contributed by atoms with Crippen molar-refractivity contribution in [2.45, 2.75) is 6.92 Å². The highest BCUT2D eigenvalue weighted by Gasteiger charge is 2.16. The number of ether oxygens (including phenoxy) is 1. The summed E-state index contributed by atoms with van der Waals surface area (Å²) in [5.74, 6) is -0.440.